The second kappa shape index (κ2) is 19.5. The van der Waals surface area contributed by atoms with Gasteiger partial charge >= 0.3 is 0 Å². The van der Waals surface area contributed by atoms with Gasteiger partial charge in [0.2, 0.25) is 0 Å². The summed E-state index contributed by atoms with van der Waals surface area (Å²) in [5.74, 6) is 1.88. The van der Waals surface area contributed by atoms with Crippen LogP contribution in [0.5, 0.6) is 0 Å². The number of carbonyl (C=O) groups excluding carboxylic acids is 3. The Balaban J connectivity index is 0.000000182. The van der Waals surface area contributed by atoms with Crippen LogP contribution in [0, 0.1) is 0 Å². The number of ketones is 2. The van der Waals surface area contributed by atoms with Crippen LogP contribution in [0.15, 0.2) is 195 Å². The van der Waals surface area contributed by atoms with Crippen molar-refractivity contribution in [3.63, 3.8) is 0 Å². The average molecular weight is 699 g/mol. The first-order valence-corrected chi connectivity index (χ1v) is 18.2. The molecule has 0 saturated carbocycles. The molecule has 7 aromatic rings. The fourth-order valence-electron chi connectivity index (χ4n) is 5.11. The lowest BCUT2D eigenvalue weighted by atomic mass is 10.1. The van der Waals surface area contributed by atoms with Crippen LogP contribution in [0.1, 0.15) is 36.6 Å². The molecule has 52 heavy (non-hydrogen) atoms. The third kappa shape index (κ3) is 10.2. The maximum Gasteiger partial charge on any atom is 0.188 e. The van der Waals surface area contributed by atoms with Gasteiger partial charge in [0, 0.05) is 66.3 Å². The van der Waals surface area contributed by atoms with Crippen molar-refractivity contribution in [1.29, 1.82) is 0 Å². The van der Waals surface area contributed by atoms with Crippen LogP contribution in [0.4, 0.5) is 0 Å². The fourth-order valence-corrected chi connectivity index (χ4v) is 8.88. The van der Waals surface area contributed by atoms with Gasteiger partial charge in [-0.15, -0.1) is 0 Å². The van der Waals surface area contributed by atoms with Gasteiger partial charge in [0.15, 0.2) is 11.6 Å². The van der Waals surface area contributed by atoms with E-state index in [0.29, 0.717) is 16.7 Å². The van der Waals surface area contributed by atoms with Gasteiger partial charge in [-0.25, -0.2) is 0 Å². The van der Waals surface area contributed by atoms with Crippen molar-refractivity contribution in [1.82, 2.24) is 19.9 Å². The number of rotatable bonds is 9. The summed E-state index contributed by atoms with van der Waals surface area (Å²) in [7, 11) is 0. The molecule has 254 valence electrons. The second-order valence-electron chi connectivity index (χ2n) is 11.1. The molecular formula is C44H35N4O3P. The van der Waals surface area contributed by atoms with E-state index in [1.54, 1.807) is 86.0 Å². The predicted octanol–water partition coefficient (Wildman–Crippen LogP) is 7.33. The molecule has 7 rings (SSSR count). The number of carbonyl (C=O) groups is 3. The Kier molecular flexibility index (Phi) is 13.7. The number of hydrogen-bond acceptors (Lipinski definition) is 7. The monoisotopic (exact) mass is 698 g/mol. The van der Waals surface area contributed by atoms with E-state index in [1.165, 1.54) is 6.08 Å². The van der Waals surface area contributed by atoms with Gasteiger partial charge in [-0.05, 0) is 88.8 Å². The minimum atomic E-state index is -2.28. The smallest absolute Gasteiger partial charge is 0.188 e. The minimum Gasteiger partial charge on any atom is -0.298 e. The highest BCUT2D eigenvalue weighted by molar-refractivity contribution is 7.95. The first-order valence-electron chi connectivity index (χ1n) is 16.3. The SMILES string of the molecule is O=C(/C=C/c1ccncc1)c1cccnc1.O=C(C=P(c1ccccc1)(c1ccccc1)c1ccccc1)c1cccnc1.O=Cc1ccncc1. The predicted molar refractivity (Wildman–Crippen MR) is 211 cm³/mol. The molecule has 4 aromatic heterocycles. The molecule has 0 fully saturated rings. The summed E-state index contributed by atoms with van der Waals surface area (Å²) in [6, 6.07) is 45.1. The van der Waals surface area contributed by atoms with Crippen LogP contribution < -0.4 is 15.9 Å². The number of nitrogens with zero attached hydrogens (tertiary/aromatic N) is 4. The van der Waals surface area contributed by atoms with Gasteiger partial charge in [-0.3, -0.25) is 34.3 Å². The van der Waals surface area contributed by atoms with E-state index in [-0.39, 0.29) is 11.6 Å². The lowest BCUT2D eigenvalue weighted by Gasteiger charge is -2.28. The van der Waals surface area contributed by atoms with Gasteiger partial charge < -0.3 is 0 Å². The van der Waals surface area contributed by atoms with Crippen LogP contribution in [-0.4, -0.2) is 43.6 Å². The Bertz CT molecular complexity index is 2120. The third-order valence-electron chi connectivity index (χ3n) is 7.67. The fraction of sp³-hybridized carbons (Fsp3) is 0. The molecule has 0 radical (unpaired) electrons. The van der Waals surface area contributed by atoms with Crippen LogP contribution >= 0.6 is 6.89 Å². The topological polar surface area (TPSA) is 103 Å². The summed E-state index contributed by atoms with van der Waals surface area (Å²) in [5, 5.41) is 3.47. The zero-order valence-corrected chi connectivity index (χ0v) is 29.1. The highest BCUT2D eigenvalue weighted by Crippen LogP contribution is 2.43. The maximum absolute atomic E-state index is 13.3. The normalized spacial score (nSPS) is 10.5. The summed E-state index contributed by atoms with van der Waals surface area (Å²) in [6.45, 7) is -2.28. The largest absolute Gasteiger partial charge is 0.298 e. The number of Topliss-reactive ketones (excluding diaryl/α,β-unsaturated/α-hetero) is 1. The molecule has 8 heteroatoms. The molecule has 0 atom stereocenters. The van der Waals surface area contributed by atoms with Gasteiger partial charge in [0.25, 0.3) is 0 Å². The Hall–Kier alpha value is -6.69. The molecule has 0 bridgehead atoms. The second-order valence-corrected chi connectivity index (χ2v) is 14.3. The van der Waals surface area contributed by atoms with Crippen LogP contribution in [-0.2, 0) is 0 Å². The average Bonchev–Trinajstić information content (AvgIpc) is 3.24. The van der Waals surface area contributed by atoms with Crippen molar-refractivity contribution >= 4 is 52.5 Å². The molecule has 0 amide bonds. The van der Waals surface area contributed by atoms with Gasteiger partial charge in [-0.2, -0.15) is 0 Å². The standard InChI is InChI=1S/C25H20NOP.C13H10N2O.C6H5NO/c27-25(21-11-10-18-26-19-21)20-28(22-12-4-1-5-13-22,23-14-6-2-7-15-23)24-16-8-3-9-17-24;16-13(12-2-1-7-15-10-12)4-3-11-5-8-14-9-6-11;8-5-6-1-3-7-4-2-6/h1-20H;1-10H;1-5H/b;4-3+;. The van der Waals surface area contributed by atoms with Gasteiger partial charge in [0.05, 0.1) is 0 Å². The van der Waals surface area contributed by atoms with Crippen LogP contribution in [0.3, 0.4) is 0 Å². The van der Waals surface area contributed by atoms with E-state index in [9.17, 15) is 14.4 Å². The highest BCUT2D eigenvalue weighted by Gasteiger charge is 2.26. The van der Waals surface area contributed by atoms with Crippen LogP contribution in [0.25, 0.3) is 6.08 Å². The van der Waals surface area contributed by atoms with Crippen molar-refractivity contribution in [3.8, 4) is 0 Å². The zero-order valence-electron chi connectivity index (χ0n) is 28.2. The summed E-state index contributed by atoms with van der Waals surface area (Å²) in [5.41, 5.74) is 2.81. The Morgan fingerprint density at radius 3 is 1.25 bits per heavy atom. The quantitative estimate of drug-likeness (QED) is 0.0674. The summed E-state index contributed by atoms with van der Waals surface area (Å²) in [6.07, 6.45) is 17.2. The molecule has 7 nitrogen and oxygen atoms in total. The molecule has 0 spiro atoms. The number of hydrogen-bond donors (Lipinski definition) is 0. The number of benzene rings is 3. The summed E-state index contributed by atoms with van der Waals surface area (Å²) < 4.78 is 0. The zero-order chi connectivity index (χ0) is 36.3. The third-order valence-corrected chi connectivity index (χ3v) is 11.6. The molecule has 0 aliphatic rings. The van der Waals surface area contributed by atoms with Crippen molar-refractivity contribution in [2.24, 2.45) is 0 Å². The van der Waals surface area contributed by atoms with Crippen molar-refractivity contribution in [2.75, 3.05) is 0 Å². The van der Waals surface area contributed by atoms with Crippen molar-refractivity contribution in [3.05, 3.63) is 217 Å². The lowest BCUT2D eigenvalue weighted by molar-refractivity contribution is 0.104. The Morgan fingerprint density at radius 1 is 0.442 bits per heavy atom. The minimum absolute atomic E-state index is 0.00186. The van der Waals surface area contributed by atoms with Gasteiger partial charge in [-0.1, -0.05) is 97.1 Å². The molecule has 0 aliphatic carbocycles. The molecule has 4 heterocycles. The van der Waals surface area contributed by atoms with E-state index < -0.39 is 6.89 Å². The Labute approximate surface area is 303 Å². The maximum atomic E-state index is 13.3. The summed E-state index contributed by atoms with van der Waals surface area (Å²) in [4.78, 5) is 50.6. The molecule has 3 aromatic carbocycles. The molecule has 0 aliphatic heterocycles. The number of allylic oxidation sites excluding steroid dienone is 1. The van der Waals surface area contributed by atoms with E-state index >= 15 is 0 Å². The molecular weight excluding hydrogens is 663 g/mol. The van der Waals surface area contributed by atoms with E-state index in [1.807, 2.05) is 78.6 Å². The lowest BCUT2D eigenvalue weighted by Crippen LogP contribution is -2.28. The molecule has 0 unspecified atom stereocenters. The Morgan fingerprint density at radius 2 is 0.865 bits per heavy atom. The van der Waals surface area contributed by atoms with Gasteiger partial charge in [0.1, 0.15) is 6.29 Å². The van der Waals surface area contributed by atoms with E-state index in [0.717, 1.165) is 27.8 Å². The van der Waals surface area contributed by atoms with Crippen LogP contribution in [0.2, 0.25) is 0 Å². The van der Waals surface area contributed by atoms with Crippen molar-refractivity contribution in [2.45, 2.75) is 0 Å². The molecule has 0 saturated heterocycles. The number of aldehydes is 1. The highest BCUT2D eigenvalue weighted by atomic mass is 31.2. The summed E-state index contributed by atoms with van der Waals surface area (Å²) >= 11 is 0. The first kappa shape index (κ1) is 36.6. The number of pyridine rings is 4. The number of aromatic nitrogens is 4. The van der Waals surface area contributed by atoms with E-state index in [4.69, 9.17) is 0 Å². The molecule has 0 N–H and O–H groups in total. The van der Waals surface area contributed by atoms with Crippen molar-refractivity contribution < 1.29 is 14.4 Å². The first-order chi connectivity index (χ1) is 25.6. The van der Waals surface area contributed by atoms with E-state index in [2.05, 4.69) is 56.3 Å².